The summed E-state index contributed by atoms with van der Waals surface area (Å²) in [5.74, 6) is -0.379. The van der Waals surface area contributed by atoms with Gasteiger partial charge in [-0.1, -0.05) is 11.2 Å². The number of rotatable bonds is 3. The third-order valence-corrected chi connectivity index (χ3v) is 2.86. The number of hydrogen-bond acceptors (Lipinski definition) is 7. The molecule has 3 aromatic rings. The van der Waals surface area contributed by atoms with Crippen molar-refractivity contribution in [3.63, 3.8) is 0 Å². The second-order valence-electron chi connectivity index (χ2n) is 4.16. The first-order chi connectivity index (χ1) is 11.0. The van der Waals surface area contributed by atoms with Crippen LogP contribution in [0.3, 0.4) is 0 Å². The van der Waals surface area contributed by atoms with E-state index < -0.39 is 11.7 Å². The van der Waals surface area contributed by atoms with Gasteiger partial charge in [-0.2, -0.15) is 23.1 Å². The van der Waals surface area contributed by atoms with E-state index in [2.05, 4.69) is 32.3 Å². The maximum atomic E-state index is 13.4. The predicted octanol–water partition coefficient (Wildman–Crippen LogP) is 4.14. The summed E-state index contributed by atoms with van der Waals surface area (Å²) in [5.41, 5.74) is -1.75. The fourth-order valence-electron chi connectivity index (χ4n) is 1.91. The van der Waals surface area contributed by atoms with E-state index in [9.17, 15) is 13.2 Å². The van der Waals surface area contributed by atoms with Crippen molar-refractivity contribution < 1.29 is 22.1 Å². The van der Waals surface area contributed by atoms with Crippen LogP contribution in [0.1, 0.15) is 5.56 Å². The average Bonchev–Trinajstić information content (AvgIpc) is 3.17. The molecule has 0 atom stereocenters. The summed E-state index contributed by atoms with van der Waals surface area (Å²) in [6, 6.07) is 3.72. The van der Waals surface area contributed by atoms with E-state index in [0.29, 0.717) is 0 Å². The zero-order chi connectivity index (χ0) is 16.4. The van der Waals surface area contributed by atoms with E-state index in [4.69, 9.17) is 8.94 Å². The Kier molecular flexibility index (Phi) is 3.77. The monoisotopic (exact) mass is 338 g/mol. The van der Waals surface area contributed by atoms with Gasteiger partial charge >= 0.3 is 6.18 Å². The highest BCUT2D eigenvalue weighted by Gasteiger charge is 2.38. The van der Waals surface area contributed by atoms with Crippen molar-refractivity contribution in [2.24, 2.45) is 4.99 Å². The van der Waals surface area contributed by atoms with Crippen LogP contribution in [0.4, 0.5) is 18.9 Å². The van der Waals surface area contributed by atoms with Gasteiger partial charge in [0, 0.05) is 0 Å². The highest BCUT2D eigenvalue weighted by Crippen LogP contribution is 2.42. The van der Waals surface area contributed by atoms with Crippen LogP contribution >= 0.6 is 12.2 Å². The smallest absolute Gasteiger partial charge is 0.419 e. The normalized spacial score (nSPS) is 11.3. The van der Waals surface area contributed by atoms with E-state index in [0.717, 1.165) is 6.07 Å². The number of benzene rings is 1. The first-order valence-corrected chi connectivity index (χ1v) is 6.43. The lowest BCUT2D eigenvalue weighted by Crippen LogP contribution is -2.07. The van der Waals surface area contributed by atoms with Gasteiger partial charge in [0.2, 0.25) is 0 Å². The summed E-state index contributed by atoms with van der Waals surface area (Å²) in [6.45, 7) is 0. The quantitative estimate of drug-likeness (QED) is 0.527. The van der Waals surface area contributed by atoms with Crippen LogP contribution in [0.15, 0.2) is 44.6 Å². The van der Waals surface area contributed by atoms with Crippen molar-refractivity contribution in [1.82, 2.24) is 15.1 Å². The number of hydrogen-bond donors (Lipinski definition) is 0. The van der Waals surface area contributed by atoms with Gasteiger partial charge in [-0.05, 0) is 24.4 Å². The van der Waals surface area contributed by atoms with Crippen molar-refractivity contribution in [1.29, 1.82) is 0 Å². The molecule has 0 saturated carbocycles. The molecule has 0 fully saturated rings. The van der Waals surface area contributed by atoms with Gasteiger partial charge in [0.25, 0.3) is 17.6 Å². The molecule has 0 spiro atoms. The molecule has 1 aromatic carbocycles. The van der Waals surface area contributed by atoms with Crippen LogP contribution in [-0.2, 0) is 6.18 Å². The van der Waals surface area contributed by atoms with Gasteiger partial charge in [-0.15, -0.1) is 0 Å². The zero-order valence-electron chi connectivity index (χ0n) is 11.0. The summed E-state index contributed by atoms with van der Waals surface area (Å²) < 4.78 is 49.9. The topological polar surface area (TPSA) is 77.3 Å². The van der Waals surface area contributed by atoms with Crippen LogP contribution in [0.5, 0.6) is 0 Å². The lowest BCUT2D eigenvalue weighted by atomic mass is 10.0. The Bertz CT molecular complexity index is 883. The number of alkyl halides is 3. The van der Waals surface area contributed by atoms with E-state index in [1.54, 1.807) is 0 Å². The molecule has 0 saturated heterocycles. The van der Waals surface area contributed by atoms with Gasteiger partial charge < -0.3 is 8.94 Å². The fraction of sp³-hybridized carbons (Fsp3) is 0.0769. The molecule has 0 unspecified atom stereocenters. The maximum Gasteiger partial charge on any atom is 0.419 e. The second kappa shape index (κ2) is 5.75. The number of aromatic nitrogens is 3. The fourth-order valence-corrected chi connectivity index (χ4v) is 2.01. The number of oxazole rings is 1. The molecule has 23 heavy (non-hydrogen) atoms. The summed E-state index contributed by atoms with van der Waals surface area (Å²) in [7, 11) is 0. The number of halogens is 3. The minimum Gasteiger partial charge on any atom is -0.442 e. The lowest BCUT2D eigenvalue weighted by molar-refractivity contribution is -0.136. The molecule has 2 heterocycles. The standard InChI is InChI=1S/C13H5F3N4O2S/c14-13(15,16)9-7(2-1-3-8(9)18-6-23)11-19-10(20-22-11)12-17-4-5-21-12/h1-5H. The third-order valence-electron chi connectivity index (χ3n) is 2.77. The average molecular weight is 338 g/mol. The molecular formula is C13H5F3N4O2S. The van der Waals surface area contributed by atoms with Gasteiger partial charge in [0.15, 0.2) is 0 Å². The van der Waals surface area contributed by atoms with E-state index in [1.807, 2.05) is 5.16 Å². The minimum absolute atomic E-state index is 0.0293. The number of thiocarbonyl (C=S) groups is 1. The lowest BCUT2D eigenvalue weighted by Gasteiger charge is -2.12. The van der Waals surface area contributed by atoms with Crippen molar-refractivity contribution in [3.05, 3.63) is 36.2 Å². The Morgan fingerprint density at radius 1 is 1.22 bits per heavy atom. The molecule has 0 radical (unpaired) electrons. The first kappa shape index (κ1) is 15.1. The van der Waals surface area contributed by atoms with Crippen molar-refractivity contribution in [3.8, 4) is 23.2 Å². The third kappa shape index (κ3) is 2.89. The van der Waals surface area contributed by atoms with Gasteiger partial charge in [-0.25, -0.2) is 4.98 Å². The largest absolute Gasteiger partial charge is 0.442 e. The minimum atomic E-state index is -4.70. The van der Waals surface area contributed by atoms with Crippen LogP contribution in [-0.4, -0.2) is 20.3 Å². The Morgan fingerprint density at radius 2 is 2.04 bits per heavy atom. The Balaban J connectivity index is 2.17. The molecule has 0 bridgehead atoms. The molecular weight excluding hydrogens is 333 g/mol. The highest BCUT2D eigenvalue weighted by molar-refractivity contribution is 7.78. The van der Waals surface area contributed by atoms with Crippen LogP contribution < -0.4 is 0 Å². The zero-order valence-corrected chi connectivity index (χ0v) is 11.9. The van der Waals surface area contributed by atoms with Crippen LogP contribution in [0, 0.1) is 0 Å². The molecule has 0 N–H and O–H groups in total. The summed E-state index contributed by atoms with van der Waals surface area (Å²) in [5, 5.41) is 5.48. The Morgan fingerprint density at radius 3 is 2.70 bits per heavy atom. The Labute approximate surface area is 131 Å². The molecule has 3 rings (SSSR count). The Hall–Kier alpha value is -2.84. The van der Waals surface area contributed by atoms with Gasteiger partial charge in [-0.3, -0.25) is 0 Å². The van der Waals surface area contributed by atoms with Gasteiger partial charge in [0.05, 0.1) is 28.2 Å². The molecule has 0 aliphatic heterocycles. The SMILES string of the molecule is FC(F)(F)c1c(N=C=S)cccc1-c1nc(-c2ncco2)no1. The van der Waals surface area contributed by atoms with Crippen molar-refractivity contribution >= 4 is 23.1 Å². The van der Waals surface area contributed by atoms with Crippen LogP contribution in [0.25, 0.3) is 23.2 Å². The molecule has 0 amide bonds. The second-order valence-corrected chi connectivity index (χ2v) is 4.34. The number of nitrogens with zero attached hydrogens (tertiary/aromatic N) is 4. The number of isothiocyanates is 1. The van der Waals surface area contributed by atoms with E-state index >= 15 is 0 Å². The van der Waals surface area contributed by atoms with Crippen LogP contribution in [0.2, 0.25) is 0 Å². The van der Waals surface area contributed by atoms with Crippen molar-refractivity contribution in [2.75, 3.05) is 0 Å². The molecule has 0 aliphatic rings. The van der Waals surface area contributed by atoms with E-state index in [-0.39, 0.29) is 28.9 Å². The highest BCUT2D eigenvalue weighted by atomic mass is 32.1. The summed E-state index contributed by atoms with van der Waals surface area (Å²) in [4.78, 5) is 11.1. The predicted molar refractivity (Wildman–Crippen MR) is 74.9 cm³/mol. The molecule has 10 heteroatoms. The molecule has 0 aliphatic carbocycles. The maximum absolute atomic E-state index is 13.4. The molecule has 6 nitrogen and oxygen atoms in total. The first-order valence-electron chi connectivity index (χ1n) is 6.02. The van der Waals surface area contributed by atoms with Gasteiger partial charge in [0.1, 0.15) is 6.26 Å². The van der Waals surface area contributed by atoms with Crippen molar-refractivity contribution in [2.45, 2.75) is 6.18 Å². The summed E-state index contributed by atoms with van der Waals surface area (Å²) in [6.07, 6.45) is -2.07. The molecule has 2 aromatic heterocycles. The molecule has 116 valence electrons. The van der Waals surface area contributed by atoms with E-state index in [1.165, 1.54) is 24.6 Å². The summed E-state index contributed by atoms with van der Waals surface area (Å²) >= 11 is 4.38. The number of aliphatic imine (C=N–C) groups is 1.